The number of fused-ring (bicyclic) bond motifs is 1. The lowest BCUT2D eigenvalue weighted by atomic mass is 10.1. The number of aliphatic hydroxyl groups is 1. The molecule has 0 saturated carbocycles. The first-order valence-electron chi connectivity index (χ1n) is 6.12. The smallest absolute Gasteiger partial charge is 0.0746 e. The first kappa shape index (κ1) is 12.7. The second-order valence-electron chi connectivity index (χ2n) is 4.24. The predicted molar refractivity (Wildman–Crippen MR) is 74.3 cm³/mol. The Bertz CT molecular complexity index is 519. The Balaban J connectivity index is 2.27. The number of hydrogen-bond acceptors (Lipinski definition) is 3. The predicted octanol–water partition coefficient (Wildman–Crippen LogP) is 2.22. The number of hydrogen-bond donors (Lipinski definition) is 1. The first-order chi connectivity index (χ1) is 8.85. The van der Waals surface area contributed by atoms with Crippen LogP contribution in [0.3, 0.4) is 0 Å². The summed E-state index contributed by atoms with van der Waals surface area (Å²) in [5, 5.41) is 10.2. The number of pyridine rings is 1. The average molecular weight is 242 g/mol. The van der Waals surface area contributed by atoms with E-state index in [-0.39, 0.29) is 6.61 Å². The summed E-state index contributed by atoms with van der Waals surface area (Å²) in [6, 6.07) is 10.2. The standard InChI is InChI=1S/C15H18N2O/c1-2-9-17(10-11-18)12-14-6-3-5-13-7-4-8-16-15(13)14/h2-8,18H,1,9-12H2. The molecule has 1 N–H and O–H groups in total. The molecule has 0 amide bonds. The van der Waals surface area contributed by atoms with Crippen LogP contribution in [0.25, 0.3) is 10.9 Å². The summed E-state index contributed by atoms with van der Waals surface area (Å²) < 4.78 is 0. The molecule has 2 aromatic rings. The van der Waals surface area contributed by atoms with Crippen molar-refractivity contribution in [3.8, 4) is 0 Å². The van der Waals surface area contributed by atoms with Crippen molar-refractivity contribution in [2.24, 2.45) is 0 Å². The monoisotopic (exact) mass is 242 g/mol. The second kappa shape index (κ2) is 6.28. The van der Waals surface area contributed by atoms with Gasteiger partial charge in [0.25, 0.3) is 0 Å². The quantitative estimate of drug-likeness (QED) is 0.789. The Hall–Kier alpha value is -1.71. The molecule has 0 aliphatic heterocycles. The van der Waals surface area contributed by atoms with Gasteiger partial charge in [0.2, 0.25) is 0 Å². The van der Waals surface area contributed by atoms with Crippen LogP contribution in [0.5, 0.6) is 0 Å². The molecule has 1 aromatic carbocycles. The summed E-state index contributed by atoms with van der Waals surface area (Å²) >= 11 is 0. The highest BCUT2D eigenvalue weighted by molar-refractivity contribution is 5.81. The highest BCUT2D eigenvalue weighted by atomic mass is 16.3. The molecule has 1 heterocycles. The number of nitrogens with zero attached hydrogens (tertiary/aromatic N) is 2. The molecule has 0 atom stereocenters. The van der Waals surface area contributed by atoms with E-state index >= 15 is 0 Å². The minimum absolute atomic E-state index is 0.159. The van der Waals surface area contributed by atoms with Crippen LogP contribution in [-0.4, -0.2) is 34.7 Å². The molecule has 0 saturated heterocycles. The van der Waals surface area contributed by atoms with Crippen molar-refractivity contribution in [2.45, 2.75) is 6.54 Å². The summed E-state index contributed by atoms with van der Waals surface area (Å²) in [7, 11) is 0. The van der Waals surface area contributed by atoms with Gasteiger partial charge in [-0.1, -0.05) is 30.3 Å². The Labute approximate surface area is 107 Å². The van der Waals surface area contributed by atoms with Gasteiger partial charge in [-0.3, -0.25) is 9.88 Å². The number of aromatic nitrogens is 1. The largest absolute Gasteiger partial charge is 0.395 e. The third kappa shape index (κ3) is 2.94. The SMILES string of the molecule is C=CCN(CCO)Cc1cccc2cccnc12. The van der Waals surface area contributed by atoms with Crippen LogP contribution < -0.4 is 0 Å². The molecule has 1 aromatic heterocycles. The van der Waals surface area contributed by atoms with Gasteiger partial charge < -0.3 is 5.11 Å². The summed E-state index contributed by atoms with van der Waals surface area (Å²) in [5.41, 5.74) is 2.22. The molecule has 0 aliphatic rings. The van der Waals surface area contributed by atoms with E-state index in [0.717, 1.165) is 24.0 Å². The zero-order chi connectivity index (χ0) is 12.8. The number of para-hydroxylation sites is 1. The average Bonchev–Trinajstić information content (AvgIpc) is 2.40. The van der Waals surface area contributed by atoms with Crippen molar-refractivity contribution in [3.05, 3.63) is 54.7 Å². The van der Waals surface area contributed by atoms with E-state index in [4.69, 9.17) is 5.11 Å². The number of aliphatic hydroxyl groups excluding tert-OH is 1. The summed E-state index contributed by atoms with van der Waals surface area (Å²) in [6.07, 6.45) is 3.67. The van der Waals surface area contributed by atoms with Crippen LogP contribution in [0, 0.1) is 0 Å². The Kier molecular flexibility index (Phi) is 4.45. The summed E-state index contributed by atoms with van der Waals surface area (Å²) in [6.45, 7) is 6.10. The van der Waals surface area contributed by atoms with Crippen LogP contribution in [-0.2, 0) is 6.54 Å². The Morgan fingerprint density at radius 3 is 2.89 bits per heavy atom. The molecule has 0 radical (unpaired) electrons. The van der Waals surface area contributed by atoms with Crippen molar-refractivity contribution < 1.29 is 5.11 Å². The highest BCUT2D eigenvalue weighted by Crippen LogP contribution is 2.17. The van der Waals surface area contributed by atoms with Crippen LogP contribution >= 0.6 is 0 Å². The fourth-order valence-electron chi connectivity index (χ4n) is 2.09. The van der Waals surface area contributed by atoms with Crippen LogP contribution in [0.2, 0.25) is 0 Å². The van der Waals surface area contributed by atoms with Gasteiger partial charge in [-0.25, -0.2) is 0 Å². The van der Waals surface area contributed by atoms with E-state index in [1.807, 2.05) is 24.4 Å². The normalized spacial score (nSPS) is 11.0. The maximum absolute atomic E-state index is 9.06. The van der Waals surface area contributed by atoms with Gasteiger partial charge >= 0.3 is 0 Å². The van der Waals surface area contributed by atoms with E-state index in [2.05, 4.69) is 34.7 Å². The zero-order valence-corrected chi connectivity index (χ0v) is 10.4. The lowest BCUT2D eigenvalue weighted by Gasteiger charge is -2.20. The second-order valence-corrected chi connectivity index (χ2v) is 4.24. The lowest BCUT2D eigenvalue weighted by Crippen LogP contribution is -2.26. The third-order valence-corrected chi connectivity index (χ3v) is 2.91. The summed E-state index contributed by atoms with van der Waals surface area (Å²) in [4.78, 5) is 6.59. The zero-order valence-electron chi connectivity index (χ0n) is 10.4. The van der Waals surface area contributed by atoms with Crippen LogP contribution in [0.1, 0.15) is 5.56 Å². The molecule has 3 heteroatoms. The van der Waals surface area contributed by atoms with E-state index in [9.17, 15) is 0 Å². The van der Waals surface area contributed by atoms with Crippen LogP contribution in [0.4, 0.5) is 0 Å². The van der Waals surface area contributed by atoms with E-state index < -0.39 is 0 Å². The molecule has 94 valence electrons. The van der Waals surface area contributed by atoms with Gasteiger partial charge in [-0.15, -0.1) is 6.58 Å². The van der Waals surface area contributed by atoms with E-state index in [1.54, 1.807) is 0 Å². The van der Waals surface area contributed by atoms with Gasteiger partial charge in [0.1, 0.15) is 0 Å². The lowest BCUT2D eigenvalue weighted by molar-refractivity contribution is 0.204. The molecule has 0 aliphatic carbocycles. The molecular weight excluding hydrogens is 224 g/mol. The first-order valence-corrected chi connectivity index (χ1v) is 6.12. The van der Waals surface area contributed by atoms with Gasteiger partial charge in [-0.05, 0) is 11.6 Å². The third-order valence-electron chi connectivity index (χ3n) is 2.91. The molecule has 0 spiro atoms. The van der Waals surface area contributed by atoms with Crippen molar-refractivity contribution in [1.29, 1.82) is 0 Å². The Morgan fingerprint density at radius 1 is 1.28 bits per heavy atom. The van der Waals surface area contributed by atoms with Gasteiger partial charge in [0.05, 0.1) is 12.1 Å². The van der Waals surface area contributed by atoms with E-state index in [1.165, 1.54) is 5.56 Å². The minimum Gasteiger partial charge on any atom is -0.395 e. The topological polar surface area (TPSA) is 36.4 Å². The summed E-state index contributed by atoms with van der Waals surface area (Å²) in [5.74, 6) is 0. The molecule has 3 nitrogen and oxygen atoms in total. The fraction of sp³-hybridized carbons (Fsp3) is 0.267. The molecular formula is C15H18N2O. The maximum atomic E-state index is 9.06. The number of rotatable bonds is 6. The van der Waals surface area contributed by atoms with Crippen molar-refractivity contribution in [3.63, 3.8) is 0 Å². The molecule has 18 heavy (non-hydrogen) atoms. The Morgan fingerprint density at radius 2 is 2.11 bits per heavy atom. The highest BCUT2D eigenvalue weighted by Gasteiger charge is 2.07. The molecule has 0 fully saturated rings. The van der Waals surface area contributed by atoms with Crippen molar-refractivity contribution in [1.82, 2.24) is 9.88 Å². The fourth-order valence-corrected chi connectivity index (χ4v) is 2.09. The minimum atomic E-state index is 0.159. The van der Waals surface area contributed by atoms with Crippen molar-refractivity contribution in [2.75, 3.05) is 19.7 Å². The van der Waals surface area contributed by atoms with Crippen LogP contribution in [0.15, 0.2) is 49.2 Å². The molecule has 2 rings (SSSR count). The maximum Gasteiger partial charge on any atom is 0.0746 e. The molecule has 0 bridgehead atoms. The van der Waals surface area contributed by atoms with Gasteiger partial charge in [-0.2, -0.15) is 0 Å². The number of benzene rings is 1. The molecule has 0 unspecified atom stereocenters. The van der Waals surface area contributed by atoms with Gasteiger partial charge in [0.15, 0.2) is 0 Å². The van der Waals surface area contributed by atoms with E-state index in [0.29, 0.717) is 6.54 Å². The van der Waals surface area contributed by atoms with Gasteiger partial charge in [0, 0.05) is 31.2 Å². The van der Waals surface area contributed by atoms with Crippen molar-refractivity contribution >= 4 is 10.9 Å².